The summed E-state index contributed by atoms with van der Waals surface area (Å²) in [7, 11) is 0. The SMILES string of the molecule is C(=C/c1ccc(N(c2ccccc2)c2ccccc2)cc1)/c1ccc(-c2ccc(N(c3ccccc3)c3ccccc3)c3ccccc23)cc1. The molecule has 2 nitrogen and oxygen atoms in total. The van der Waals surface area contributed by atoms with Gasteiger partial charge in [0.1, 0.15) is 0 Å². The van der Waals surface area contributed by atoms with Crippen molar-refractivity contribution in [3.8, 4) is 11.1 Å². The van der Waals surface area contributed by atoms with Gasteiger partial charge in [-0.25, -0.2) is 0 Å². The molecule has 0 aliphatic carbocycles. The molecule has 0 saturated carbocycles. The van der Waals surface area contributed by atoms with Crippen LogP contribution < -0.4 is 9.80 Å². The van der Waals surface area contributed by atoms with E-state index in [0.29, 0.717) is 0 Å². The van der Waals surface area contributed by atoms with Crippen molar-refractivity contribution in [1.29, 1.82) is 0 Å². The van der Waals surface area contributed by atoms with E-state index >= 15 is 0 Å². The summed E-state index contributed by atoms with van der Waals surface area (Å²) in [6, 6.07) is 73.0. The normalized spacial score (nSPS) is 11.1. The number of para-hydroxylation sites is 4. The quantitative estimate of drug-likeness (QED) is 0.145. The predicted octanol–water partition coefficient (Wildman–Crippen LogP) is 13.6. The molecule has 238 valence electrons. The third-order valence-electron chi connectivity index (χ3n) is 9.04. The van der Waals surface area contributed by atoms with Gasteiger partial charge in [0.05, 0.1) is 5.69 Å². The molecule has 2 heteroatoms. The van der Waals surface area contributed by atoms with E-state index in [0.717, 1.165) is 45.3 Å². The highest BCUT2D eigenvalue weighted by Gasteiger charge is 2.17. The van der Waals surface area contributed by atoms with Crippen molar-refractivity contribution in [3.63, 3.8) is 0 Å². The van der Waals surface area contributed by atoms with Crippen molar-refractivity contribution < 1.29 is 0 Å². The molecule has 0 fully saturated rings. The van der Waals surface area contributed by atoms with Gasteiger partial charge in [0.2, 0.25) is 0 Å². The van der Waals surface area contributed by atoms with Crippen LogP contribution in [0, 0.1) is 0 Å². The standard InChI is InChI=1S/C48H36N2/c1-5-15-40(16-6-1)49(41-17-7-2-8-18-41)44-33-29-38(30-34-44)26-25-37-27-31-39(32-28-37)45-35-36-48(47-24-14-13-23-46(45)47)50(42-19-9-3-10-20-42)43-21-11-4-12-22-43/h1-36H/b26-25-. The molecule has 8 rings (SSSR count). The molecule has 0 aliphatic heterocycles. The highest BCUT2D eigenvalue weighted by molar-refractivity contribution is 6.06. The van der Waals surface area contributed by atoms with Crippen LogP contribution in [0.2, 0.25) is 0 Å². The van der Waals surface area contributed by atoms with E-state index < -0.39 is 0 Å². The minimum atomic E-state index is 1.12. The Balaban J connectivity index is 1.06. The summed E-state index contributed by atoms with van der Waals surface area (Å²) in [4.78, 5) is 4.62. The van der Waals surface area contributed by atoms with E-state index in [-0.39, 0.29) is 0 Å². The zero-order valence-corrected chi connectivity index (χ0v) is 27.7. The van der Waals surface area contributed by atoms with Crippen molar-refractivity contribution in [1.82, 2.24) is 0 Å². The van der Waals surface area contributed by atoms with Crippen LogP contribution in [0.5, 0.6) is 0 Å². The van der Waals surface area contributed by atoms with Gasteiger partial charge in [-0.15, -0.1) is 0 Å². The van der Waals surface area contributed by atoms with Crippen molar-refractivity contribution in [2.45, 2.75) is 0 Å². The first kappa shape index (κ1) is 30.7. The van der Waals surface area contributed by atoms with E-state index in [2.05, 4.69) is 228 Å². The molecule has 0 saturated heterocycles. The lowest BCUT2D eigenvalue weighted by Gasteiger charge is -2.27. The second-order valence-corrected chi connectivity index (χ2v) is 12.2. The molecule has 0 unspecified atom stereocenters. The summed E-state index contributed by atoms with van der Waals surface area (Å²) >= 11 is 0. The average molecular weight is 641 g/mol. The van der Waals surface area contributed by atoms with Gasteiger partial charge in [0.15, 0.2) is 0 Å². The molecule has 0 spiro atoms. The third kappa shape index (κ3) is 6.43. The van der Waals surface area contributed by atoms with Gasteiger partial charge in [-0.1, -0.05) is 152 Å². The van der Waals surface area contributed by atoms with E-state index in [1.54, 1.807) is 0 Å². The van der Waals surface area contributed by atoms with Gasteiger partial charge >= 0.3 is 0 Å². The van der Waals surface area contributed by atoms with Crippen molar-refractivity contribution >= 4 is 57.0 Å². The molecule has 0 atom stereocenters. The molecule has 50 heavy (non-hydrogen) atoms. The number of anilines is 6. The molecule has 0 radical (unpaired) electrons. The smallest absolute Gasteiger partial charge is 0.0540 e. The molecular formula is C48H36N2. The molecule has 0 bridgehead atoms. The average Bonchev–Trinajstić information content (AvgIpc) is 3.20. The Morgan fingerprint density at radius 2 is 0.660 bits per heavy atom. The van der Waals surface area contributed by atoms with Crippen LogP contribution in [-0.4, -0.2) is 0 Å². The summed E-state index contributed by atoms with van der Waals surface area (Å²) in [5.74, 6) is 0. The van der Waals surface area contributed by atoms with Crippen LogP contribution in [0.4, 0.5) is 34.1 Å². The van der Waals surface area contributed by atoms with Gasteiger partial charge < -0.3 is 9.80 Å². The summed E-state index contributed by atoms with van der Waals surface area (Å²) in [5, 5.41) is 2.44. The minimum Gasteiger partial charge on any atom is -0.311 e. The second-order valence-electron chi connectivity index (χ2n) is 12.2. The van der Waals surface area contributed by atoms with E-state index in [1.807, 2.05) is 0 Å². The Hall–Kier alpha value is -6.64. The summed E-state index contributed by atoms with van der Waals surface area (Å²) < 4.78 is 0. The highest BCUT2D eigenvalue weighted by Crippen LogP contribution is 2.42. The Morgan fingerprint density at radius 3 is 1.14 bits per heavy atom. The second kappa shape index (κ2) is 14.2. The molecular weight excluding hydrogens is 605 g/mol. The van der Waals surface area contributed by atoms with Gasteiger partial charge in [-0.3, -0.25) is 0 Å². The maximum absolute atomic E-state index is 2.34. The number of rotatable bonds is 9. The summed E-state index contributed by atoms with van der Waals surface area (Å²) in [6.07, 6.45) is 4.36. The number of benzene rings is 8. The largest absolute Gasteiger partial charge is 0.311 e. The first-order chi connectivity index (χ1) is 24.8. The monoisotopic (exact) mass is 640 g/mol. The Bertz CT molecular complexity index is 2250. The number of nitrogens with zero attached hydrogens (tertiary/aromatic N) is 2. The van der Waals surface area contributed by atoms with Crippen LogP contribution >= 0.6 is 0 Å². The maximum Gasteiger partial charge on any atom is 0.0540 e. The molecule has 0 aliphatic rings. The zero-order valence-electron chi connectivity index (χ0n) is 27.7. The van der Waals surface area contributed by atoms with Gasteiger partial charge in [-0.05, 0) is 94.4 Å². The fourth-order valence-electron chi connectivity index (χ4n) is 6.61. The predicted molar refractivity (Wildman–Crippen MR) is 214 cm³/mol. The van der Waals surface area contributed by atoms with Crippen LogP contribution in [0.1, 0.15) is 11.1 Å². The lowest BCUT2D eigenvalue weighted by molar-refractivity contribution is 1.28. The van der Waals surface area contributed by atoms with E-state index in [4.69, 9.17) is 0 Å². The Morgan fingerprint density at radius 1 is 0.280 bits per heavy atom. The minimum absolute atomic E-state index is 1.12. The molecule has 0 heterocycles. The fourth-order valence-corrected chi connectivity index (χ4v) is 6.61. The highest BCUT2D eigenvalue weighted by atomic mass is 15.1. The van der Waals surface area contributed by atoms with Crippen LogP contribution in [0.25, 0.3) is 34.1 Å². The zero-order chi connectivity index (χ0) is 33.5. The maximum atomic E-state index is 2.34. The van der Waals surface area contributed by atoms with Gasteiger partial charge in [0.25, 0.3) is 0 Å². The molecule has 8 aromatic carbocycles. The third-order valence-corrected chi connectivity index (χ3v) is 9.04. The lowest BCUT2D eigenvalue weighted by Crippen LogP contribution is -2.10. The van der Waals surface area contributed by atoms with Crippen LogP contribution in [0.15, 0.2) is 206 Å². The van der Waals surface area contributed by atoms with Gasteiger partial charge in [0, 0.05) is 33.8 Å². The van der Waals surface area contributed by atoms with E-state index in [9.17, 15) is 0 Å². The van der Waals surface area contributed by atoms with E-state index in [1.165, 1.54) is 21.9 Å². The van der Waals surface area contributed by atoms with Crippen LogP contribution in [0.3, 0.4) is 0 Å². The van der Waals surface area contributed by atoms with Crippen LogP contribution in [-0.2, 0) is 0 Å². The summed E-state index contributed by atoms with van der Waals surface area (Å²) in [6.45, 7) is 0. The first-order valence-corrected chi connectivity index (χ1v) is 17.0. The van der Waals surface area contributed by atoms with Gasteiger partial charge in [-0.2, -0.15) is 0 Å². The molecule has 8 aromatic rings. The fraction of sp³-hybridized carbons (Fsp3) is 0. The first-order valence-electron chi connectivity index (χ1n) is 17.0. The molecule has 0 aromatic heterocycles. The Labute approximate surface area is 294 Å². The van der Waals surface area contributed by atoms with Crippen molar-refractivity contribution in [2.24, 2.45) is 0 Å². The lowest BCUT2D eigenvalue weighted by atomic mass is 9.95. The Kier molecular flexibility index (Phi) is 8.73. The number of hydrogen-bond donors (Lipinski definition) is 0. The topological polar surface area (TPSA) is 6.48 Å². The summed E-state index contributed by atoms with van der Waals surface area (Å²) in [5.41, 5.74) is 11.5. The van der Waals surface area contributed by atoms with Crippen molar-refractivity contribution in [3.05, 3.63) is 217 Å². The molecule has 0 amide bonds. The van der Waals surface area contributed by atoms with Crippen molar-refractivity contribution in [2.75, 3.05) is 9.80 Å². The number of hydrogen-bond acceptors (Lipinski definition) is 2. The number of fused-ring (bicyclic) bond motifs is 1. The molecule has 0 N–H and O–H groups in total.